The average molecular weight is 342 g/mol. The van der Waals surface area contributed by atoms with Gasteiger partial charge in [0.1, 0.15) is 12.3 Å². The summed E-state index contributed by atoms with van der Waals surface area (Å²) in [6.45, 7) is 3.92. The van der Waals surface area contributed by atoms with Crippen LogP contribution in [0.1, 0.15) is 24.2 Å². The summed E-state index contributed by atoms with van der Waals surface area (Å²) < 4.78 is 5.37. The van der Waals surface area contributed by atoms with Crippen LogP contribution in [0.25, 0.3) is 11.3 Å². The van der Waals surface area contributed by atoms with E-state index in [1.54, 1.807) is 31.5 Å². The summed E-state index contributed by atoms with van der Waals surface area (Å²) in [7, 11) is 1.55. The molecule has 0 atom stereocenters. The Hall–Kier alpha value is -2.89. The highest BCUT2D eigenvalue weighted by Gasteiger charge is 2.21. The number of ether oxygens (including phenoxy) is 1. The lowest BCUT2D eigenvalue weighted by Gasteiger charge is -2.23. The third kappa shape index (κ3) is 4.79. The predicted molar refractivity (Wildman–Crippen MR) is 94.6 cm³/mol. The average Bonchev–Trinajstić information content (AvgIpc) is 2.60. The summed E-state index contributed by atoms with van der Waals surface area (Å²) in [5.41, 5.74) is 1.78. The van der Waals surface area contributed by atoms with Gasteiger partial charge in [-0.05, 0) is 36.2 Å². The number of hydrogen-bond acceptors (Lipinski definition) is 4. The van der Waals surface area contributed by atoms with Crippen LogP contribution in [-0.2, 0) is 4.79 Å². The third-order valence-electron chi connectivity index (χ3n) is 3.59. The fourth-order valence-corrected chi connectivity index (χ4v) is 2.57. The van der Waals surface area contributed by atoms with Gasteiger partial charge in [0.05, 0.1) is 12.8 Å². The molecule has 0 fully saturated rings. The number of carbonyl (C=O) groups is 2. The number of amides is 1. The number of aliphatic carboxylic acids is 1. The zero-order valence-corrected chi connectivity index (χ0v) is 14.6. The Morgan fingerprint density at radius 3 is 2.56 bits per heavy atom. The van der Waals surface area contributed by atoms with Gasteiger partial charge < -0.3 is 14.7 Å². The summed E-state index contributed by atoms with van der Waals surface area (Å²) in [4.78, 5) is 29.5. The van der Waals surface area contributed by atoms with E-state index in [0.29, 0.717) is 29.1 Å². The zero-order valence-electron chi connectivity index (χ0n) is 14.6. The number of hydrogen-bond donors (Lipinski definition) is 1. The van der Waals surface area contributed by atoms with Crippen molar-refractivity contribution in [3.05, 3.63) is 48.2 Å². The van der Waals surface area contributed by atoms with E-state index in [0.717, 1.165) is 0 Å². The Morgan fingerprint density at radius 2 is 2.00 bits per heavy atom. The van der Waals surface area contributed by atoms with E-state index in [1.807, 2.05) is 32.0 Å². The summed E-state index contributed by atoms with van der Waals surface area (Å²) >= 11 is 0. The smallest absolute Gasteiger partial charge is 0.323 e. The zero-order chi connectivity index (χ0) is 18.4. The fraction of sp³-hybridized carbons (Fsp3) is 0.316. The molecule has 0 spiro atoms. The third-order valence-corrected chi connectivity index (χ3v) is 3.59. The first-order valence-corrected chi connectivity index (χ1v) is 8.03. The summed E-state index contributed by atoms with van der Waals surface area (Å²) in [6.07, 6.45) is 1.67. The van der Waals surface area contributed by atoms with Crippen molar-refractivity contribution < 1.29 is 19.4 Å². The number of carboxylic acids is 1. The molecule has 2 aromatic rings. The molecule has 0 aliphatic carbocycles. The van der Waals surface area contributed by atoms with Crippen LogP contribution in [0.15, 0.2) is 42.6 Å². The lowest BCUT2D eigenvalue weighted by molar-refractivity contribution is -0.137. The van der Waals surface area contributed by atoms with Gasteiger partial charge in [0.15, 0.2) is 0 Å². The quantitative estimate of drug-likeness (QED) is 0.837. The molecule has 1 heterocycles. The van der Waals surface area contributed by atoms with Crippen LogP contribution in [0.3, 0.4) is 0 Å². The molecule has 132 valence electrons. The van der Waals surface area contributed by atoms with Gasteiger partial charge in [-0.2, -0.15) is 0 Å². The molecule has 0 saturated heterocycles. The minimum Gasteiger partial charge on any atom is -0.496 e. The SMILES string of the molecule is COc1ccc(C(=O)N(CC(=O)O)CC(C)C)cc1-c1ccccn1. The standard InChI is InChI=1S/C19H22N2O4/c1-13(2)11-21(12-18(22)23)19(24)14-7-8-17(25-3)15(10-14)16-6-4-5-9-20-16/h4-10,13H,11-12H2,1-3H3,(H,22,23). The molecule has 25 heavy (non-hydrogen) atoms. The highest BCUT2D eigenvalue weighted by molar-refractivity contribution is 5.97. The van der Waals surface area contributed by atoms with E-state index in [-0.39, 0.29) is 18.4 Å². The number of pyridine rings is 1. The topological polar surface area (TPSA) is 79.7 Å². The molecule has 0 aliphatic heterocycles. The van der Waals surface area contributed by atoms with Crippen LogP contribution in [0.5, 0.6) is 5.75 Å². The van der Waals surface area contributed by atoms with Crippen LogP contribution < -0.4 is 4.74 Å². The Labute approximate surface area is 147 Å². The summed E-state index contributed by atoms with van der Waals surface area (Å²) in [6, 6.07) is 10.5. The molecule has 1 amide bonds. The molecule has 1 aromatic carbocycles. The monoisotopic (exact) mass is 342 g/mol. The van der Waals surface area contributed by atoms with Gasteiger partial charge in [0, 0.05) is 23.9 Å². The lowest BCUT2D eigenvalue weighted by Crippen LogP contribution is -2.38. The largest absolute Gasteiger partial charge is 0.496 e. The second-order valence-corrected chi connectivity index (χ2v) is 6.10. The number of nitrogens with zero attached hydrogens (tertiary/aromatic N) is 2. The fourth-order valence-electron chi connectivity index (χ4n) is 2.57. The summed E-state index contributed by atoms with van der Waals surface area (Å²) in [5.74, 6) is -0.593. The number of methoxy groups -OCH3 is 1. The van der Waals surface area contributed by atoms with Crippen LogP contribution in [0.2, 0.25) is 0 Å². The molecule has 0 radical (unpaired) electrons. The van der Waals surface area contributed by atoms with Crippen molar-refractivity contribution in [2.45, 2.75) is 13.8 Å². The Balaban J connectivity index is 2.40. The van der Waals surface area contributed by atoms with Gasteiger partial charge in [-0.15, -0.1) is 0 Å². The van der Waals surface area contributed by atoms with Crippen molar-refractivity contribution in [2.24, 2.45) is 5.92 Å². The van der Waals surface area contributed by atoms with Gasteiger partial charge in [0.2, 0.25) is 0 Å². The molecule has 6 heteroatoms. The molecule has 1 N–H and O–H groups in total. The normalized spacial score (nSPS) is 10.6. The highest BCUT2D eigenvalue weighted by atomic mass is 16.5. The Morgan fingerprint density at radius 1 is 1.24 bits per heavy atom. The van der Waals surface area contributed by atoms with E-state index in [1.165, 1.54) is 4.90 Å². The predicted octanol–water partition coefficient (Wildman–Crippen LogP) is 2.94. The first-order valence-electron chi connectivity index (χ1n) is 8.03. The number of rotatable bonds is 7. The molecule has 6 nitrogen and oxygen atoms in total. The van der Waals surface area contributed by atoms with E-state index >= 15 is 0 Å². The van der Waals surface area contributed by atoms with Crippen LogP contribution in [0.4, 0.5) is 0 Å². The van der Waals surface area contributed by atoms with Crippen LogP contribution in [-0.4, -0.2) is 47.1 Å². The number of aromatic nitrogens is 1. The van der Waals surface area contributed by atoms with Gasteiger partial charge in [-0.1, -0.05) is 19.9 Å². The molecule has 2 rings (SSSR count). The number of benzene rings is 1. The second-order valence-electron chi connectivity index (χ2n) is 6.10. The molecule has 0 aliphatic rings. The maximum Gasteiger partial charge on any atom is 0.323 e. The van der Waals surface area contributed by atoms with Crippen molar-refractivity contribution in [3.8, 4) is 17.0 Å². The molecular formula is C19H22N2O4. The first kappa shape index (κ1) is 18.4. The number of carbonyl (C=O) groups excluding carboxylic acids is 1. The second kappa shape index (κ2) is 8.28. The van der Waals surface area contributed by atoms with Gasteiger partial charge >= 0.3 is 5.97 Å². The molecule has 0 saturated carbocycles. The van der Waals surface area contributed by atoms with Gasteiger partial charge in [-0.25, -0.2) is 0 Å². The van der Waals surface area contributed by atoms with E-state index in [9.17, 15) is 9.59 Å². The first-order chi connectivity index (χ1) is 11.9. The van der Waals surface area contributed by atoms with Gasteiger partial charge in [0.25, 0.3) is 5.91 Å². The van der Waals surface area contributed by atoms with Crippen molar-refractivity contribution in [3.63, 3.8) is 0 Å². The Kier molecular flexibility index (Phi) is 6.11. The molecular weight excluding hydrogens is 320 g/mol. The minimum atomic E-state index is -1.03. The minimum absolute atomic E-state index is 0.164. The maximum absolute atomic E-state index is 12.8. The molecule has 0 bridgehead atoms. The lowest BCUT2D eigenvalue weighted by atomic mass is 10.0. The van der Waals surface area contributed by atoms with Crippen molar-refractivity contribution >= 4 is 11.9 Å². The Bertz CT molecular complexity index is 744. The maximum atomic E-state index is 12.8. The van der Waals surface area contributed by atoms with Crippen LogP contribution >= 0.6 is 0 Å². The number of carboxylic acid groups (broad SMARTS) is 1. The summed E-state index contributed by atoms with van der Waals surface area (Å²) in [5, 5.41) is 9.08. The van der Waals surface area contributed by atoms with Gasteiger partial charge in [-0.3, -0.25) is 14.6 Å². The highest BCUT2D eigenvalue weighted by Crippen LogP contribution is 2.29. The van der Waals surface area contributed by atoms with E-state index in [4.69, 9.17) is 9.84 Å². The van der Waals surface area contributed by atoms with Crippen molar-refractivity contribution in [2.75, 3.05) is 20.2 Å². The molecule has 1 aromatic heterocycles. The van der Waals surface area contributed by atoms with Crippen molar-refractivity contribution in [1.29, 1.82) is 0 Å². The van der Waals surface area contributed by atoms with Crippen molar-refractivity contribution in [1.82, 2.24) is 9.88 Å². The van der Waals surface area contributed by atoms with E-state index < -0.39 is 5.97 Å². The molecule has 0 unspecified atom stereocenters. The van der Waals surface area contributed by atoms with Crippen LogP contribution in [0, 0.1) is 5.92 Å². The van der Waals surface area contributed by atoms with E-state index in [2.05, 4.69) is 4.98 Å².